The molecule has 0 radical (unpaired) electrons. The molecule has 0 saturated carbocycles. The van der Waals surface area contributed by atoms with Crippen molar-refractivity contribution in [3.63, 3.8) is 0 Å². The molecule has 0 unspecified atom stereocenters. The number of anilines is 1. The summed E-state index contributed by atoms with van der Waals surface area (Å²) < 4.78 is 42.7. The van der Waals surface area contributed by atoms with Gasteiger partial charge in [-0.25, -0.2) is 14.5 Å². The average Bonchev–Trinajstić information content (AvgIpc) is 3.22. The fourth-order valence-electron chi connectivity index (χ4n) is 3.52. The molecule has 0 atom stereocenters. The zero-order valence-corrected chi connectivity index (χ0v) is 16.8. The number of aromatic nitrogens is 5. The van der Waals surface area contributed by atoms with Crippen LogP contribution in [0.25, 0.3) is 33.5 Å². The Balaban J connectivity index is 1.90. The number of pyridine rings is 3. The van der Waals surface area contributed by atoms with Crippen molar-refractivity contribution in [1.29, 1.82) is 0 Å². The molecule has 11 heteroatoms. The van der Waals surface area contributed by atoms with Crippen LogP contribution in [-0.2, 0) is 6.18 Å². The minimum atomic E-state index is -4.69. The average molecular weight is 457 g/mol. The van der Waals surface area contributed by atoms with Crippen LogP contribution in [0.15, 0.2) is 65.8 Å². The number of nitrogens with two attached hydrogens (primary N) is 1. The molecule has 5 aromatic rings. The number of hydrogen-bond acceptors (Lipinski definition) is 5. The van der Waals surface area contributed by atoms with Crippen LogP contribution in [0.5, 0.6) is 0 Å². The number of hydrogen-bond donors (Lipinski definition) is 1. The predicted octanol–water partition coefficient (Wildman–Crippen LogP) is 4.35. The Kier molecular flexibility index (Phi) is 4.41. The van der Waals surface area contributed by atoms with Crippen LogP contribution in [0.4, 0.5) is 18.9 Å². The fraction of sp³-hybridized carbons (Fsp3) is 0.0476. The van der Waals surface area contributed by atoms with E-state index in [-0.39, 0.29) is 22.3 Å². The molecule has 0 spiro atoms. The maximum absolute atomic E-state index is 13.6. The Labute approximate surface area is 182 Å². The molecule has 5 rings (SSSR count). The molecule has 4 aromatic heterocycles. The van der Waals surface area contributed by atoms with Gasteiger partial charge in [-0.15, -0.1) is 0 Å². The third kappa shape index (κ3) is 3.16. The van der Waals surface area contributed by atoms with E-state index in [0.29, 0.717) is 21.9 Å². The zero-order valence-electron chi connectivity index (χ0n) is 16.0. The largest absolute Gasteiger partial charge is 0.433 e. The van der Waals surface area contributed by atoms with E-state index in [1.54, 1.807) is 18.3 Å². The molecule has 0 fully saturated rings. The standard InChI is InChI=1S/C21H12ClF3N6O/c22-12-1-3-13(4-2-12)31-19-14(5-6-15(29-19)21(23,24)25)18(26)17(20(31)32)11-7-8-30-16(9-11)27-10-28-30/h1-10H,26H2. The van der Waals surface area contributed by atoms with E-state index in [4.69, 9.17) is 17.3 Å². The third-order valence-electron chi connectivity index (χ3n) is 5.01. The highest BCUT2D eigenvalue weighted by Gasteiger charge is 2.33. The lowest BCUT2D eigenvalue weighted by Gasteiger charge is -2.17. The van der Waals surface area contributed by atoms with E-state index in [1.165, 1.54) is 41.2 Å². The fourth-order valence-corrected chi connectivity index (χ4v) is 3.65. The third-order valence-corrected chi connectivity index (χ3v) is 5.26. The highest BCUT2D eigenvalue weighted by Crippen LogP contribution is 2.34. The number of rotatable bonds is 2. The predicted molar refractivity (Wildman–Crippen MR) is 114 cm³/mol. The first-order valence-corrected chi connectivity index (χ1v) is 9.60. The molecule has 4 heterocycles. The van der Waals surface area contributed by atoms with Crippen molar-refractivity contribution in [1.82, 2.24) is 24.1 Å². The summed E-state index contributed by atoms with van der Waals surface area (Å²) in [5.74, 6) is 0. The molecule has 0 saturated heterocycles. The lowest BCUT2D eigenvalue weighted by Crippen LogP contribution is -2.24. The Morgan fingerprint density at radius 2 is 1.78 bits per heavy atom. The lowest BCUT2D eigenvalue weighted by molar-refractivity contribution is -0.141. The molecular weight excluding hydrogens is 445 g/mol. The molecule has 0 aliphatic carbocycles. The van der Waals surface area contributed by atoms with Crippen LogP contribution in [0.1, 0.15) is 5.69 Å². The maximum Gasteiger partial charge on any atom is 0.433 e. The summed E-state index contributed by atoms with van der Waals surface area (Å²) in [7, 11) is 0. The van der Waals surface area contributed by atoms with Crippen LogP contribution in [0.3, 0.4) is 0 Å². The van der Waals surface area contributed by atoms with Gasteiger partial charge in [0, 0.05) is 16.6 Å². The molecular formula is C21H12ClF3N6O. The van der Waals surface area contributed by atoms with E-state index in [9.17, 15) is 18.0 Å². The summed E-state index contributed by atoms with van der Waals surface area (Å²) >= 11 is 5.95. The van der Waals surface area contributed by atoms with Crippen LogP contribution in [-0.4, -0.2) is 24.1 Å². The van der Waals surface area contributed by atoms with E-state index >= 15 is 0 Å². The molecule has 2 N–H and O–H groups in total. The summed E-state index contributed by atoms with van der Waals surface area (Å²) in [6.45, 7) is 0. The van der Waals surface area contributed by atoms with Gasteiger partial charge in [0.15, 0.2) is 5.65 Å². The summed E-state index contributed by atoms with van der Waals surface area (Å²) in [6.07, 6.45) is -1.73. The lowest BCUT2D eigenvalue weighted by atomic mass is 10.0. The zero-order chi connectivity index (χ0) is 22.6. The SMILES string of the molecule is Nc1c(-c2ccn3ncnc3c2)c(=O)n(-c2ccc(Cl)cc2)c2nc(C(F)(F)F)ccc12. The van der Waals surface area contributed by atoms with Gasteiger partial charge in [-0.1, -0.05) is 11.6 Å². The molecule has 0 bridgehead atoms. The Morgan fingerprint density at radius 3 is 2.50 bits per heavy atom. The van der Waals surface area contributed by atoms with Crippen molar-refractivity contribution in [2.45, 2.75) is 6.18 Å². The molecule has 160 valence electrons. The van der Waals surface area contributed by atoms with Crippen molar-refractivity contribution in [2.75, 3.05) is 5.73 Å². The highest BCUT2D eigenvalue weighted by molar-refractivity contribution is 6.30. The van der Waals surface area contributed by atoms with Crippen molar-refractivity contribution in [2.24, 2.45) is 0 Å². The molecule has 1 aromatic carbocycles. The number of halogens is 4. The molecule has 0 amide bonds. The second-order valence-electron chi connectivity index (χ2n) is 6.95. The first-order chi connectivity index (χ1) is 15.2. The van der Waals surface area contributed by atoms with E-state index in [2.05, 4.69) is 15.1 Å². The van der Waals surface area contributed by atoms with Gasteiger partial charge in [0.2, 0.25) is 0 Å². The van der Waals surface area contributed by atoms with Gasteiger partial charge in [0.1, 0.15) is 17.7 Å². The first-order valence-electron chi connectivity index (χ1n) is 9.22. The summed E-state index contributed by atoms with van der Waals surface area (Å²) in [6, 6.07) is 11.4. The highest BCUT2D eigenvalue weighted by atomic mass is 35.5. The minimum Gasteiger partial charge on any atom is -0.397 e. The summed E-state index contributed by atoms with van der Waals surface area (Å²) in [5.41, 5.74) is 5.66. The second-order valence-corrected chi connectivity index (χ2v) is 7.39. The van der Waals surface area contributed by atoms with E-state index in [0.717, 1.165) is 10.6 Å². The number of alkyl halides is 3. The maximum atomic E-state index is 13.6. The molecule has 0 aliphatic rings. The quantitative estimate of drug-likeness (QED) is 0.426. The van der Waals surface area contributed by atoms with Gasteiger partial charge in [-0.3, -0.25) is 9.36 Å². The van der Waals surface area contributed by atoms with Crippen molar-refractivity contribution >= 4 is 34.0 Å². The number of fused-ring (bicyclic) bond motifs is 2. The van der Waals surface area contributed by atoms with Crippen molar-refractivity contribution in [3.8, 4) is 16.8 Å². The normalized spacial score (nSPS) is 12.0. The van der Waals surface area contributed by atoms with Crippen LogP contribution in [0.2, 0.25) is 5.02 Å². The Morgan fingerprint density at radius 1 is 1.03 bits per heavy atom. The topological polar surface area (TPSA) is 91.1 Å². The Bertz CT molecular complexity index is 1560. The number of nitrogen functional groups attached to an aromatic ring is 1. The van der Waals surface area contributed by atoms with Gasteiger partial charge in [-0.05, 0) is 54.1 Å². The summed E-state index contributed by atoms with van der Waals surface area (Å²) in [5, 5.41) is 4.62. The van der Waals surface area contributed by atoms with Gasteiger partial charge < -0.3 is 5.73 Å². The molecule has 32 heavy (non-hydrogen) atoms. The Hall–Kier alpha value is -3.92. The van der Waals surface area contributed by atoms with Gasteiger partial charge in [-0.2, -0.15) is 18.3 Å². The number of nitrogens with zero attached hydrogens (tertiary/aromatic N) is 5. The first kappa shape index (κ1) is 20.0. The van der Waals surface area contributed by atoms with Gasteiger partial charge in [0.25, 0.3) is 5.56 Å². The van der Waals surface area contributed by atoms with Crippen molar-refractivity contribution < 1.29 is 13.2 Å². The van der Waals surface area contributed by atoms with E-state index in [1.807, 2.05) is 0 Å². The molecule has 7 nitrogen and oxygen atoms in total. The van der Waals surface area contributed by atoms with Crippen LogP contribution < -0.4 is 11.3 Å². The second kappa shape index (κ2) is 7.06. The number of benzene rings is 1. The van der Waals surface area contributed by atoms with Gasteiger partial charge >= 0.3 is 6.18 Å². The van der Waals surface area contributed by atoms with Crippen LogP contribution >= 0.6 is 11.6 Å². The smallest absolute Gasteiger partial charge is 0.397 e. The van der Waals surface area contributed by atoms with Crippen LogP contribution in [0, 0.1) is 0 Å². The molecule has 0 aliphatic heterocycles. The summed E-state index contributed by atoms with van der Waals surface area (Å²) in [4.78, 5) is 21.5. The minimum absolute atomic E-state index is 0.0142. The van der Waals surface area contributed by atoms with Crippen molar-refractivity contribution in [3.05, 3.63) is 82.1 Å². The van der Waals surface area contributed by atoms with E-state index < -0.39 is 17.4 Å². The monoisotopic (exact) mass is 456 g/mol. The van der Waals surface area contributed by atoms with Gasteiger partial charge in [0.05, 0.1) is 16.9 Å².